The molecule has 124 valence electrons. The highest BCUT2D eigenvalue weighted by Crippen LogP contribution is 2.23. The standard InChI is InChI=1S/C17H17N3O4/c1-12(21)13-6-2-3-7-14(13)19-17(22)10-11-18-15-8-4-5-9-16(15)20(23)24/h2-9,18H,10-11H2,1H3,(H,19,22). The van der Waals surface area contributed by atoms with E-state index in [1.165, 1.54) is 13.0 Å². The first-order valence-corrected chi connectivity index (χ1v) is 7.36. The molecule has 24 heavy (non-hydrogen) atoms. The third-order valence-corrected chi connectivity index (χ3v) is 3.35. The second-order valence-corrected chi connectivity index (χ2v) is 5.10. The Balaban J connectivity index is 1.93. The summed E-state index contributed by atoms with van der Waals surface area (Å²) < 4.78 is 0. The first kappa shape index (κ1) is 17.1. The van der Waals surface area contributed by atoms with Gasteiger partial charge in [-0.2, -0.15) is 0 Å². The van der Waals surface area contributed by atoms with Crippen LogP contribution in [0.25, 0.3) is 0 Å². The fourth-order valence-corrected chi connectivity index (χ4v) is 2.20. The Hall–Kier alpha value is -3.22. The van der Waals surface area contributed by atoms with Crippen molar-refractivity contribution in [1.29, 1.82) is 0 Å². The van der Waals surface area contributed by atoms with Gasteiger partial charge in [-0.15, -0.1) is 0 Å². The number of carbonyl (C=O) groups is 2. The lowest BCUT2D eigenvalue weighted by molar-refractivity contribution is -0.384. The van der Waals surface area contributed by atoms with E-state index >= 15 is 0 Å². The number of ketones is 1. The highest BCUT2D eigenvalue weighted by molar-refractivity contribution is 6.03. The Kier molecular flexibility index (Phi) is 5.62. The van der Waals surface area contributed by atoms with Crippen molar-refractivity contribution in [2.75, 3.05) is 17.2 Å². The van der Waals surface area contributed by atoms with Gasteiger partial charge in [0.25, 0.3) is 5.69 Å². The van der Waals surface area contributed by atoms with Crippen molar-refractivity contribution in [3.8, 4) is 0 Å². The number of nitrogens with one attached hydrogen (secondary N) is 2. The zero-order valence-electron chi connectivity index (χ0n) is 13.1. The van der Waals surface area contributed by atoms with Gasteiger partial charge in [-0.1, -0.05) is 24.3 Å². The summed E-state index contributed by atoms with van der Waals surface area (Å²) >= 11 is 0. The molecule has 0 saturated carbocycles. The molecule has 7 nitrogen and oxygen atoms in total. The summed E-state index contributed by atoms with van der Waals surface area (Å²) in [6.45, 7) is 1.67. The van der Waals surface area contributed by atoms with Crippen LogP contribution in [0.15, 0.2) is 48.5 Å². The Morgan fingerprint density at radius 2 is 1.67 bits per heavy atom. The second kappa shape index (κ2) is 7.87. The van der Waals surface area contributed by atoms with Crippen molar-refractivity contribution in [2.45, 2.75) is 13.3 Å². The number of Topliss-reactive ketones (excluding diaryl/α,β-unsaturated/α-hetero) is 1. The van der Waals surface area contributed by atoms with Crippen LogP contribution >= 0.6 is 0 Å². The lowest BCUT2D eigenvalue weighted by Gasteiger charge is -2.10. The number of benzene rings is 2. The smallest absolute Gasteiger partial charge is 0.292 e. The summed E-state index contributed by atoms with van der Waals surface area (Å²) in [7, 11) is 0. The minimum atomic E-state index is -0.481. The van der Waals surface area contributed by atoms with E-state index < -0.39 is 4.92 Å². The lowest BCUT2D eigenvalue weighted by Crippen LogP contribution is -2.18. The second-order valence-electron chi connectivity index (χ2n) is 5.10. The number of rotatable bonds is 7. The van der Waals surface area contributed by atoms with Crippen LogP contribution in [-0.2, 0) is 4.79 Å². The van der Waals surface area contributed by atoms with Crippen LogP contribution in [0.4, 0.5) is 17.1 Å². The Morgan fingerprint density at radius 1 is 1.04 bits per heavy atom. The fraction of sp³-hybridized carbons (Fsp3) is 0.176. The molecular weight excluding hydrogens is 310 g/mol. The van der Waals surface area contributed by atoms with E-state index in [0.29, 0.717) is 16.9 Å². The summed E-state index contributed by atoms with van der Waals surface area (Å²) in [5, 5.41) is 16.5. The van der Waals surface area contributed by atoms with Crippen LogP contribution in [0.1, 0.15) is 23.7 Å². The highest BCUT2D eigenvalue weighted by atomic mass is 16.6. The molecule has 0 fully saturated rings. The van der Waals surface area contributed by atoms with E-state index in [1.807, 2.05) is 0 Å². The molecule has 0 saturated heterocycles. The van der Waals surface area contributed by atoms with Gasteiger partial charge in [0.05, 0.1) is 10.6 Å². The van der Waals surface area contributed by atoms with Gasteiger partial charge < -0.3 is 10.6 Å². The molecule has 0 unspecified atom stereocenters. The highest BCUT2D eigenvalue weighted by Gasteiger charge is 2.13. The predicted octanol–water partition coefficient (Wildman–Crippen LogP) is 3.24. The lowest BCUT2D eigenvalue weighted by atomic mass is 10.1. The summed E-state index contributed by atoms with van der Waals surface area (Å²) in [6.07, 6.45) is 0.109. The van der Waals surface area contributed by atoms with Crippen LogP contribution < -0.4 is 10.6 Å². The van der Waals surface area contributed by atoms with Crippen molar-refractivity contribution in [3.63, 3.8) is 0 Å². The SMILES string of the molecule is CC(=O)c1ccccc1NC(=O)CCNc1ccccc1[N+](=O)[O-]. The van der Waals surface area contributed by atoms with Gasteiger partial charge in [-0.25, -0.2) is 0 Å². The van der Waals surface area contributed by atoms with Crippen molar-refractivity contribution >= 4 is 28.8 Å². The number of carbonyl (C=O) groups excluding carboxylic acids is 2. The van der Waals surface area contributed by atoms with E-state index in [1.54, 1.807) is 42.5 Å². The molecule has 0 atom stereocenters. The monoisotopic (exact) mass is 327 g/mol. The summed E-state index contributed by atoms with van der Waals surface area (Å²) in [5.74, 6) is -0.418. The van der Waals surface area contributed by atoms with Crippen molar-refractivity contribution in [1.82, 2.24) is 0 Å². The third-order valence-electron chi connectivity index (χ3n) is 3.35. The first-order valence-electron chi connectivity index (χ1n) is 7.36. The molecule has 0 radical (unpaired) electrons. The fourth-order valence-electron chi connectivity index (χ4n) is 2.20. The minimum Gasteiger partial charge on any atom is -0.379 e. The maximum absolute atomic E-state index is 12.0. The third kappa shape index (κ3) is 4.39. The van der Waals surface area contributed by atoms with Gasteiger partial charge in [0.2, 0.25) is 5.91 Å². The molecule has 2 aromatic rings. The van der Waals surface area contributed by atoms with Gasteiger partial charge in [0, 0.05) is 24.6 Å². The number of amides is 1. The van der Waals surface area contributed by atoms with E-state index in [4.69, 9.17) is 0 Å². The molecule has 0 aliphatic rings. The summed E-state index contributed by atoms with van der Waals surface area (Å²) in [4.78, 5) is 34.0. The molecule has 2 N–H and O–H groups in total. The van der Waals surface area contributed by atoms with E-state index in [-0.39, 0.29) is 30.3 Å². The Labute approximate surface area is 138 Å². The van der Waals surface area contributed by atoms with E-state index in [9.17, 15) is 19.7 Å². The quantitative estimate of drug-likeness (QED) is 0.462. The predicted molar refractivity (Wildman–Crippen MR) is 91.3 cm³/mol. The van der Waals surface area contributed by atoms with Crippen LogP contribution in [0.5, 0.6) is 0 Å². The number of para-hydroxylation sites is 3. The van der Waals surface area contributed by atoms with Gasteiger partial charge in [0.1, 0.15) is 5.69 Å². The maximum Gasteiger partial charge on any atom is 0.292 e. The largest absolute Gasteiger partial charge is 0.379 e. The van der Waals surface area contributed by atoms with Crippen LogP contribution in [0.3, 0.4) is 0 Å². The van der Waals surface area contributed by atoms with Crippen molar-refractivity contribution in [2.24, 2.45) is 0 Å². The van der Waals surface area contributed by atoms with Crippen LogP contribution in [0.2, 0.25) is 0 Å². The Morgan fingerprint density at radius 3 is 2.33 bits per heavy atom. The minimum absolute atomic E-state index is 0.0418. The number of hydrogen-bond donors (Lipinski definition) is 2. The topological polar surface area (TPSA) is 101 Å². The maximum atomic E-state index is 12.0. The van der Waals surface area contributed by atoms with Gasteiger partial charge in [-0.3, -0.25) is 19.7 Å². The summed E-state index contributed by atoms with van der Waals surface area (Å²) in [5.41, 5.74) is 1.22. The van der Waals surface area contributed by atoms with Crippen molar-refractivity contribution < 1.29 is 14.5 Å². The van der Waals surface area contributed by atoms with Crippen molar-refractivity contribution in [3.05, 3.63) is 64.2 Å². The number of anilines is 2. The molecule has 7 heteroatoms. The molecule has 2 rings (SSSR count). The van der Waals surface area contributed by atoms with Gasteiger partial charge >= 0.3 is 0 Å². The van der Waals surface area contributed by atoms with Gasteiger partial charge in [0.15, 0.2) is 5.78 Å². The molecule has 0 heterocycles. The summed E-state index contributed by atoms with van der Waals surface area (Å²) in [6, 6.07) is 13.0. The number of nitro benzene ring substituents is 1. The molecule has 2 aromatic carbocycles. The zero-order valence-corrected chi connectivity index (χ0v) is 13.1. The molecule has 0 spiro atoms. The number of nitro groups is 1. The normalized spacial score (nSPS) is 10.0. The van der Waals surface area contributed by atoms with Crippen LogP contribution in [0, 0.1) is 10.1 Å². The molecule has 0 bridgehead atoms. The van der Waals surface area contributed by atoms with Gasteiger partial charge in [-0.05, 0) is 25.1 Å². The molecule has 0 aromatic heterocycles. The number of hydrogen-bond acceptors (Lipinski definition) is 5. The molecule has 1 amide bonds. The average Bonchev–Trinajstić information content (AvgIpc) is 2.55. The van der Waals surface area contributed by atoms with Crippen LogP contribution in [-0.4, -0.2) is 23.2 Å². The Bertz CT molecular complexity index is 774. The zero-order chi connectivity index (χ0) is 17.5. The van der Waals surface area contributed by atoms with E-state index in [0.717, 1.165) is 0 Å². The average molecular weight is 327 g/mol. The molecule has 0 aliphatic heterocycles. The molecule has 0 aliphatic carbocycles. The first-order chi connectivity index (χ1) is 11.5. The number of nitrogens with zero attached hydrogens (tertiary/aromatic N) is 1. The van der Waals surface area contributed by atoms with E-state index in [2.05, 4.69) is 10.6 Å². The molecular formula is C17H17N3O4.